The Morgan fingerprint density at radius 1 is 0.755 bits per heavy atom. The molecule has 0 amide bonds. The van der Waals surface area contributed by atoms with E-state index in [4.69, 9.17) is 23.2 Å². The van der Waals surface area contributed by atoms with Crippen LogP contribution in [0.25, 0.3) is 44.3 Å². The number of pyridine rings is 2. The van der Waals surface area contributed by atoms with E-state index >= 15 is 0 Å². The van der Waals surface area contributed by atoms with Crippen molar-refractivity contribution in [1.29, 1.82) is 0 Å². The second kappa shape index (κ2) is 14.3. The maximum atomic E-state index is 12.9. The molecule has 2 aromatic carbocycles. The Morgan fingerprint density at radius 2 is 1.24 bits per heavy atom. The van der Waals surface area contributed by atoms with Gasteiger partial charge in [-0.3, -0.25) is 18.7 Å². The quantitative estimate of drug-likeness (QED) is 0.209. The number of halogens is 2. The first-order valence-corrected chi connectivity index (χ1v) is 19.0. The molecule has 0 atom stereocenters. The van der Waals surface area contributed by atoms with Gasteiger partial charge in [0.2, 0.25) is 20.9 Å². The lowest BCUT2D eigenvalue weighted by molar-refractivity contribution is 0.593. The summed E-state index contributed by atoms with van der Waals surface area (Å²) < 4.78 is 26.0. The molecule has 11 nitrogen and oxygen atoms in total. The number of nitrogens with one attached hydrogen (secondary N) is 1. The van der Waals surface area contributed by atoms with Crippen molar-refractivity contribution >= 4 is 72.8 Å². The molecule has 6 aromatic rings. The van der Waals surface area contributed by atoms with Crippen LogP contribution in [-0.2, 0) is 23.9 Å². The predicted octanol–water partition coefficient (Wildman–Crippen LogP) is 6.01. The van der Waals surface area contributed by atoms with E-state index in [1.807, 2.05) is 36.0 Å². The molecule has 0 bridgehead atoms. The number of aromatic nitrogens is 6. The molecule has 1 saturated heterocycles. The van der Waals surface area contributed by atoms with Gasteiger partial charge in [-0.2, -0.15) is 21.7 Å². The molecule has 0 saturated carbocycles. The van der Waals surface area contributed by atoms with Crippen molar-refractivity contribution in [1.82, 2.24) is 29.1 Å². The second-order valence-corrected chi connectivity index (χ2v) is 15.5. The maximum absolute atomic E-state index is 12.9. The average molecular weight is 737 g/mol. The summed E-state index contributed by atoms with van der Waals surface area (Å²) in [6.45, 7) is 0. The Bertz CT molecular complexity index is 2450. The molecule has 0 radical (unpaired) electrons. The zero-order valence-electron chi connectivity index (χ0n) is 26.7. The van der Waals surface area contributed by atoms with E-state index < -0.39 is 9.84 Å². The Morgan fingerprint density at radius 3 is 1.76 bits per heavy atom. The van der Waals surface area contributed by atoms with E-state index in [0.29, 0.717) is 49.8 Å². The minimum atomic E-state index is -3.55. The number of hydrogen-bond acceptors (Lipinski definition) is 10. The largest absolute Gasteiger partial charge is 0.351 e. The number of thioether (sulfide) groups is 1. The van der Waals surface area contributed by atoms with Crippen molar-refractivity contribution in [3.05, 3.63) is 104 Å². The van der Waals surface area contributed by atoms with Crippen LogP contribution in [0, 0.1) is 0 Å². The maximum Gasteiger partial charge on any atom is 0.259 e. The Kier molecular flexibility index (Phi) is 10.1. The van der Waals surface area contributed by atoms with Gasteiger partial charge in [0, 0.05) is 81.9 Å². The number of rotatable bonds is 5. The molecule has 4 aromatic heterocycles. The van der Waals surface area contributed by atoms with Crippen molar-refractivity contribution in [2.45, 2.75) is 24.0 Å². The smallest absolute Gasteiger partial charge is 0.259 e. The average Bonchev–Trinajstić information content (AvgIpc) is 3.09. The highest BCUT2D eigenvalue weighted by Gasteiger charge is 2.18. The predicted molar refractivity (Wildman–Crippen MR) is 198 cm³/mol. The van der Waals surface area contributed by atoms with Crippen LogP contribution in [0.1, 0.15) is 12.8 Å². The zero-order chi connectivity index (χ0) is 34.9. The van der Waals surface area contributed by atoms with Crippen LogP contribution in [-0.4, -0.2) is 61.3 Å². The van der Waals surface area contributed by atoms with E-state index in [0.717, 1.165) is 41.6 Å². The summed E-state index contributed by atoms with van der Waals surface area (Å²) >= 11 is 14.4. The molecule has 0 unspecified atom stereocenters. The fourth-order valence-corrected chi connectivity index (χ4v) is 7.57. The monoisotopic (exact) mass is 735 g/mol. The number of anilines is 1. The highest BCUT2D eigenvalue weighted by Crippen LogP contribution is 2.28. The van der Waals surface area contributed by atoms with E-state index in [2.05, 4.69) is 25.3 Å². The zero-order valence-corrected chi connectivity index (χ0v) is 29.9. The molecule has 0 spiro atoms. The van der Waals surface area contributed by atoms with Crippen molar-refractivity contribution in [3.8, 4) is 22.3 Å². The number of nitrogens with zero attached hydrogens (tertiary/aromatic N) is 6. The highest BCUT2D eigenvalue weighted by molar-refractivity contribution is 7.99. The van der Waals surface area contributed by atoms with Crippen molar-refractivity contribution < 1.29 is 8.42 Å². The van der Waals surface area contributed by atoms with Crippen molar-refractivity contribution in [2.24, 2.45) is 14.1 Å². The van der Waals surface area contributed by atoms with E-state index in [1.54, 1.807) is 54.2 Å². The Labute approximate surface area is 296 Å². The van der Waals surface area contributed by atoms with Gasteiger partial charge in [-0.15, -0.1) is 0 Å². The number of sulfone groups is 1. The summed E-state index contributed by atoms with van der Waals surface area (Å²) in [5, 5.41) is 5.46. The Hall–Kier alpha value is -4.30. The molecule has 0 aliphatic carbocycles. The normalized spacial score (nSPS) is 13.7. The molecule has 5 heterocycles. The van der Waals surface area contributed by atoms with Gasteiger partial charge in [-0.1, -0.05) is 59.6 Å². The topological polar surface area (TPSA) is 142 Å². The fraction of sp³-hybridized carbons (Fsp3) is 0.235. The van der Waals surface area contributed by atoms with Gasteiger partial charge in [0.05, 0.1) is 0 Å². The summed E-state index contributed by atoms with van der Waals surface area (Å²) in [5.41, 5.74) is 2.71. The van der Waals surface area contributed by atoms with Crippen LogP contribution in [0.5, 0.6) is 0 Å². The minimum absolute atomic E-state index is 0.121. The van der Waals surface area contributed by atoms with E-state index in [-0.39, 0.29) is 21.9 Å². The number of aryl methyl sites for hydroxylation is 2. The van der Waals surface area contributed by atoms with Crippen LogP contribution >= 0.6 is 35.0 Å². The lowest BCUT2D eigenvalue weighted by Gasteiger charge is -2.22. The molecule has 7 rings (SSSR count). The minimum Gasteiger partial charge on any atom is -0.351 e. The Balaban J connectivity index is 0.000000171. The first-order valence-electron chi connectivity index (χ1n) is 15.2. The van der Waals surface area contributed by atoms with Gasteiger partial charge in [-0.05, 0) is 48.6 Å². The number of benzene rings is 2. The molecule has 49 heavy (non-hydrogen) atoms. The van der Waals surface area contributed by atoms with Crippen LogP contribution in [0.4, 0.5) is 5.95 Å². The van der Waals surface area contributed by atoms with Gasteiger partial charge >= 0.3 is 0 Å². The molecule has 1 N–H and O–H groups in total. The molecule has 15 heteroatoms. The third-order valence-corrected chi connectivity index (χ3v) is 10.7. The van der Waals surface area contributed by atoms with Crippen LogP contribution in [0.2, 0.25) is 10.0 Å². The van der Waals surface area contributed by atoms with E-state index in [9.17, 15) is 18.0 Å². The highest BCUT2D eigenvalue weighted by atomic mass is 35.5. The fourth-order valence-electron chi connectivity index (χ4n) is 5.50. The number of fused-ring (bicyclic) bond motifs is 2. The molecular weight excluding hydrogens is 705 g/mol. The summed E-state index contributed by atoms with van der Waals surface area (Å²) in [6, 6.07) is 18.2. The van der Waals surface area contributed by atoms with E-state index in [1.165, 1.54) is 17.8 Å². The summed E-state index contributed by atoms with van der Waals surface area (Å²) in [5.74, 6) is 2.89. The lowest BCUT2D eigenvalue weighted by Crippen LogP contribution is -2.26. The standard InChI is InChI=1S/C19H19ClN4OS.C15H12ClN3O3S/c1-24-17-12(10-15(18(24)25)14-4-2-3-5-16(14)20)11-21-19(23-17)22-13-6-8-26-9-7-13;1-19-13-9(8-17-15(18-13)23(2,21)22)7-11(14(19)20)10-5-3-4-6-12(10)16/h2-5,10-11,13H,6-9H2,1H3,(H,21,22,23);3-8H,1-2H3. The molecule has 1 aliphatic rings. The van der Waals surface area contributed by atoms with Crippen molar-refractivity contribution in [3.63, 3.8) is 0 Å². The first kappa shape index (κ1) is 34.6. The summed E-state index contributed by atoms with van der Waals surface area (Å²) in [7, 11) is -0.285. The first-order chi connectivity index (χ1) is 23.4. The SMILES string of the molecule is Cn1c(=O)c(-c2ccccc2Cl)cc2cnc(NC3CCSCC3)nc21.Cn1c(=O)c(-c2ccccc2Cl)cc2cnc(S(C)(=O)=O)nc21. The van der Waals surface area contributed by atoms with Gasteiger partial charge in [0.15, 0.2) is 0 Å². The molecule has 252 valence electrons. The van der Waals surface area contributed by atoms with Gasteiger partial charge < -0.3 is 5.32 Å². The van der Waals surface area contributed by atoms with Gasteiger partial charge in [0.1, 0.15) is 11.3 Å². The third kappa shape index (κ3) is 7.35. The van der Waals surface area contributed by atoms with Crippen LogP contribution in [0.15, 0.2) is 87.8 Å². The molecule has 1 aliphatic heterocycles. The lowest BCUT2D eigenvalue weighted by atomic mass is 10.1. The van der Waals surface area contributed by atoms with Gasteiger partial charge in [0.25, 0.3) is 11.1 Å². The molecular formula is C34H31Cl2N7O4S2. The molecule has 1 fully saturated rings. The van der Waals surface area contributed by atoms with Gasteiger partial charge in [-0.25, -0.2) is 18.4 Å². The summed E-state index contributed by atoms with van der Waals surface area (Å²) in [4.78, 5) is 42.3. The van der Waals surface area contributed by atoms with Crippen LogP contribution in [0.3, 0.4) is 0 Å². The third-order valence-electron chi connectivity index (χ3n) is 8.09. The van der Waals surface area contributed by atoms with Crippen LogP contribution < -0.4 is 16.4 Å². The van der Waals surface area contributed by atoms with Crippen molar-refractivity contribution in [2.75, 3.05) is 23.1 Å². The number of hydrogen-bond donors (Lipinski definition) is 1. The second-order valence-electron chi connectivity index (χ2n) is 11.5. The summed E-state index contributed by atoms with van der Waals surface area (Å²) in [6.07, 6.45) is 6.39.